The summed E-state index contributed by atoms with van der Waals surface area (Å²) in [5.74, 6) is 1.70. The number of ether oxygens (including phenoxy) is 1. The van der Waals surface area contributed by atoms with Gasteiger partial charge in [-0.25, -0.2) is 9.97 Å². The van der Waals surface area contributed by atoms with Gasteiger partial charge in [0.1, 0.15) is 5.82 Å². The summed E-state index contributed by atoms with van der Waals surface area (Å²) in [6.45, 7) is 6.49. The highest BCUT2D eigenvalue weighted by Crippen LogP contribution is 2.25. The van der Waals surface area contributed by atoms with Crippen molar-refractivity contribution in [2.24, 2.45) is 0 Å². The van der Waals surface area contributed by atoms with Crippen LogP contribution in [0.5, 0.6) is 0 Å². The highest BCUT2D eigenvalue weighted by molar-refractivity contribution is 7.98. The van der Waals surface area contributed by atoms with E-state index in [-0.39, 0.29) is 11.9 Å². The zero-order valence-corrected chi connectivity index (χ0v) is 17.6. The van der Waals surface area contributed by atoms with Gasteiger partial charge in [-0.1, -0.05) is 23.9 Å². The van der Waals surface area contributed by atoms with Crippen LogP contribution in [0.2, 0.25) is 0 Å². The van der Waals surface area contributed by atoms with Gasteiger partial charge in [0, 0.05) is 43.6 Å². The number of carbonyl (C=O) groups is 1. The van der Waals surface area contributed by atoms with Crippen molar-refractivity contribution in [3.63, 3.8) is 0 Å². The van der Waals surface area contributed by atoms with Crippen LogP contribution in [0.4, 0.5) is 5.82 Å². The number of nitrogens with one attached hydrogen (secondary N) is 1. The Bertz CT molecular complexity index is 789. The molecule has 0 spiro atoms. The fraction of sp³-hybridized carbons (Fsp3) is 0.476. The van der Waals surface area contributed by atoms with Gasteiger partial charge in [-0.15, -0.1) is 0 Å². The lowest BCUT2D eigenvalue weighted by Crippen LogP contribution is -2.29. The minimum atomic E-state index is -0.0416. The van der Waals surface area contributed by atoms with E-state index in [1.807, 2.05) is 44.2 Å². The summed E-state index contributed by atoms with van der Waals surface area (Å²) in [6, 6.07) is 9.87. The predicted octanol–water partition coefficient (Wildman–Crippen LogP) is 3.65. The van der Waals surface area contributed by atoms with Gasteiger partial charge in [0.25, 0.3) is 5.91 Å². The molecule has 0 bridgehead atoms. The van der Waals surface area contributed by atoms with Crippen LogP contribution in [-0.4, -0.2) is 42.1 Å². The SMILES string of the molecule is COCc1cc(N2CCCC2)nc(SCc2ccc(C(=O)NC(C)C)cc2)n1. The minimum Gasteiger partial charge on any atom is -0.378 e. The number of hydrogen-bond acceptors (Lipinski definition) is 6. The Morgan fingerprint density at radius 3 is 2.57 bits per heavy atom. The number of rotatable bonds is 8. The van der Waals surface area contributed by atoms with Crippen LogP contribution in [-0.2, 0) is 17.1 Å². The van der Waals surface area contributed by atoms with Crippen LogP contribution in [0, 0.1) is 0 Å². The highest BCUT2D eigenvalue weighted by Gasteiger charge is 2.16. The number of amides is 1. The topological polar surface area (TPSA) is 67.3 Å². The Labute approximate surface area is 171 Å². The first-order valence-corrected chi connectivity index (χ1v) is 10.7. The Balaban J connectivity index is 1.67. The van der Waals surface area contributed by atoms with Crippen molar-refractivity contribution < 1.29 is 9.53 Å². The van der Waals surface area contributed by atoms with E-state index in [1.54, 1.807) is 18.9 Å². The van der Waals surface area contributed by atoms with Crippen molar-refractivity contribution in [2.45, 2.75) is 50.2 Å². The van der Waals surface area contributed by atoms with Crippen LogP contribution in [0.1, 0.15) is 48.3 Å². The first-order valence-electron chi connectivity index (χ1n) is 9.69. The molecule has 1 aliphatic heterocycles. The number of methoxy groups -OCH3 is 1. The molecule has 1 saturated heterocycles. The van der Waals surface area contributed by atoms with Crippen molar-refractivity contribution in [1.29, 1.82) is 0 Å². The first kappa shape index (κ1) is 20.6. The maximum absolute atomic E-state index is 12.1. The van der Waals surface area contributed by atoms with Crippen LogP contribution in [0.3, 0.4) is 0 Å². The van der Waals surface area contributed by atoms with Crippen molar-refractivity contribution in [3.05, 3.63) is 47.2 Å². The molecule has 0 radical (unpaired) electrons. The van der Waals surface area contributed by atoms with Crippen molar-refractivity contribution >= 4 is 23.5 Å². The molecule has 1 amide bonds. The predicted molar refractivity (Wildman–Crippen MR) is 113 cm³/mol. The lowest BCUT2D eigenvalue weighted by atomic mass is 10.1. The maximum atomic E-state index is 12.1. The van der Waals surface area contributed by atoms with E-state index < -0.39 is 0 Å². The molecule has 0 aliphatic carbocycles. The fourth-order valence-corrected chi connectivity index (χ4v) is 3.93. The van der Waals surface area contributed by atoms with Gasteiger partial charge in [0.15, 0.2) is 5.16 Å². The maximum Gasteiger partial charge on any atom is 0.251 e. The molecule has 6 nitrogen and oxygen atoms in total. The van der Waals surface area contributed by atoms with Gasteiger partial charge in [-0.05, 0) is 44.4 Å². The van der Waals surface area contributed by atoms with E-state index in [0.29, 0.717) is 12.2 Å². The molecule has 2 heterocycles. The normalized spacial score (nSPS) is 13.9. The van der Waals surface area contributed by atoms with Crippen LogP contribution in [0.25, 0.3) is 0 Å². The second-order valence-electron chi connectivity index (χ2n) is 7.24. The number of aromatic nitrogens is 2. The average Bonchev–Trinajstić information content (AvgIpc) is 3.21. The fourth-order valence-electron chi connectivity index (χ4n) is 3.10. The molecule has 0 unspecified atom stereocenters. The second-order valence-corrected chi connectivity index (χ2v) is 8.18. The number of anilines is 1. The van der Waals surface area contributed by atoms with Gasteiger partial charge in [-0.2, -0.15) is 0 Å². The van der Waals surface area contributed by atoms with E-state index in [9.17, 15) is 4.79 Å². The summed E-state index contributed by atoms with van der Waals surface area (Å²) in [4.78, 5) is 23.7. The monoisotopic (exact) mass is 400 g/mol. The Kier molecular flexibility index (Phi) is 7.28. The molecule has 1 aromatic heterocycles. The summed E-state index contributed by atoms with van der Waals surface area (Å²) in [6.07, 6.45) is 2.42. The summed E-state index contributed by atoms with van der Waals surface area (Å²) in [5, 5.41) is 3.67. The number of carbonyl (C=O) groups excluding carboxylic acids is 1. The third kappa shape index (κ3) is 5.69. The number of nitrogens with zero attached hydrogens (tertiary/aromatic N) is 3. The molecule has 2 aromatic rings. The lowest BCUT2D eigenvalue weighted by molar-refractivity contribution is 0.0943. The average molecular weight is 401 g/mol. The molecule has 150 valence electrons. The quantitative estimate of drug-likeness (QED) is 0.539. The Morgan fingerprint density at radius 2 is 1.93 bits per heavy atom. The zero-order chi connectivity index (χ0) is 19.9. The Morgan fingerprint density at radius 1 is 1.21 bits per heavy atom. The largest absolute Gasteiger partial charge is 0.378 e. The van der Waals surface area contributed by atoms with Crippen molar-refractivity contribution in [3.8, 4) is 0 Å². The van der Waals surface area contributed by atoms with Gasteiger partial charge < -0.3 is 15.0 Å². The first-order chi connectivity index (χ1) is 13.5. The zero-order valence-electron chi connectivity index (χ0n) is 16.8. The van der Waals surface area contributed by atoms with Gasteiger partial charge in [0.05, 0.1) is 12.3 Å². The van der Waals surface area contributed by atoms with Gasteiger partial charge in [-0.3, -0.25) is 4.79 Å². The highest BCUT2D eigenvalue weighted by atomic mass is 32.2. The summed E-state index contributed by atoms with van der Waals surface area (Å²) < 4.78 is 5.27. The number of thioether (sulfide) groups is 1. The minimum absolute atomic E-state index is 0.0416. The summed E-state index contributed by atoms with van der Waals surface area (Å²) in [7, 11) is 1.68. The molecule has 28 heavy (non-hydrogen) atoms. The van der Waals surface area contributed by atoms with Gasteiger partial charge >= 0.3 is 0 Å². The van der Waals surface area contributed by atoms with E-state index in [0.717, 1.165) is 41.1 Å². The molecule has 1 aromatic carbocycles. The van der Waals surface area contributed by atoms with E-state index >= 15 is 0 Å². The molecule has 1 fully saturated rings. The van der Waals surface area contributed by atoms with Crippen LogP contribution < -0.4 is 10.2 Å². The smallest absolute Gasteiger partial charge is 0.251 e. The second kappa shape index (κ2) is 9.89. The lowest BCUT2D eigenvalue weighted by Gasteiger charge is -2.17. The molecule has 1 aliphatic rings. The molecule has 1 N–H and O–H groups in total. The van der Waals surface area contributed by atoms with Crippen LogP contribution >= 0.6 is 11.8 Å². The van der Waals surface area contributed by atoms with E-state index in [2.05, 4.69) is 15.2 Å². The molecular weight excluding hydrogens is 372 g/mol. The Hall–Kier alpha value is -2.12. The van der Waals surface area contributed by atoms with E-state index in [1.165, 1.54) is 12.8 Å². The molecule has 3 rings (SSSR count). The molecule has 0 saturated carbocycles. The van der Waals surface area contributed by atoms with Gasteiger partial charge in [0.2, 0.25) is 0 Å². The van der Waals surface area contributed by atoms with Crippen molar-refractivity contribution in [2.75, 3.05) is 25.1 Å². The molecule has 0 atom stereocenters. The summed E-state index contributed by atoms with van der Waals surface area (Å²) in [5.41, 5.74) is 2.72. The van der Waals surface area contributed by atoms with E-state index in [4.69, 9.17) is 9.72 Å². The summed E-state index contributed by atoms with van der Waals surface area (Å²) >= 11 is 1.61. The number of hydrogen-bond donors (Lipinski definition) is 1. The van der Waals surface area contributed by atoms with Crippen molar-refractivity contribution in [1.82, 2.24) is 15.3 Å². The standard InChI is InChI=1S/C21H28N4O2S/c1-15(2)22-20(26)17-8-6-16(7-9-17)14-28-21-23-18(13-27-3)12-19(24-21)25-10-4-5-11-25/h6-9,12,15H,4-5,10-11,13-14H2,1-3H3,(H,22,26). The molecule has 7 heteroatoms. The van der Waals surface area contributed by atoms with Crippen LogP contribution in [0.15, 0.2) is 35.5 Å². The third-order valence-corrected chi connectivity index (χ3v) is 5.39. The molecular formula is C21H28N4O2S. The number of benzene rings is 1. The third-order valence-electron chi connectivity index (χ3n) is 4.47.